The number of fused-ring (bicyclic) bond motifs is 1. The second-order valence-corrected chi connectivity index (χ2v) is 8.91. The van der Waals surface area contributed by atoms with Gasteiger partial charge in [-0.2, -0.15) is 0 Å². The molecule has 0 unspecified atom stereocenters. The SMILES string of the molecule is CC(C)(C)Cc1c[nH]c2ccccc12.CC(C)(C)Cc1cnc[nH]1.[HH].[W]. The van der Waals surface area contributed by atoms with Crippen molar-refractivity contribution < 1.29 is 22.5 Å². The zero-order valence-corrected chi connectivity index (χ0v) is 19.2. The molecule has 1 aromatic carbocycles. The molecule has 0 spiro atoms. The van der Waals surface area contributed by atoms with E-state index in [9.17, 15) is 0 Å². The minimum Gasteiger partial charge on any atom is -0.361 e. The van der Waals surface area contributed by atoms with E-state index in [4.69, 9.17) is 0 Å². The molecule has 2 aromatic heterocycles. The molecule has 0 aliphatic carbocycles. The molecule has 0 radical (unpaired) electrons. The summed E-state index contributed by atoms with van der Waals surface area (Å²) >= 11 is 0. The van der Waals surface area contributed by atoms with Gasteiger partial charge in [-0.05, 0) is 35.3 Å². The number of hydrogen-bond acceptors (Lipinski definition) is 1. The normalized spacial score (nSPS) is 11.6. The average Bonchev–Trinajstić information content (AvgIpc) is 3.07. The zero-order valence-electron chi connectivity index (χ0n) is 16.3. The fourth-order valence-electron chi connectivity index (χ4n) is 2.80. The molecule has 0 fully saturated rings. The number of para-hydroxylation sites is 1. The third-order valence-electron chi connectivity index (χ3n) is 3.67. The van der Waals surface area contributed by atoms with Gasteiger partial charge < -0.3 is 9.97 Å². The number of H-pyrrole nitrogens is 2. The predicted molar refractivity (Wildman–Crippen MR) is 105 cm³/mol. The first-order valence-corrected chi connectivity index (χ1v) is 8.66. The fourth-order valence-corrected chi connectivity index (χ4v) is 2.80. The van der Waals surface area contributed by atoms with Crippen LogP contribution in [0.5, 0.6) is 0 Å². The molecule has 3 nitrogen and oxygen atoms in total. The standard InChI is InChI=1S/C13H17N.C8H14N2.W.H2/c1-13(2,3)8-10-9-14-12-7-5-4-6-11(10)12;1-8(2,3)4-7-5-9-6-10-7;;/h4-7,9,14H,8H2,1-3H3;5-6H,4H2,1-3H3,(H,9,10);;1H. The molecule has 3 rings (SSSR count). The van der Waals surface area contributed by atoms with E-state index in [-0.39, 0.29) is 22.5 Å². The largest absolute Gasteiger partial charge is 0.361 e. The topological polar surface area (TPSA) is 44.5 Å². The van der Waals surface area contributed by atoms with E-state index in [2.05, 4.69) is 87.0 Å². The molecule has 3 aromatic rings. The van der Waals surface area contributed by atoms with Gasteiger partial charge in [0, 0.05) is 51.5 Å². The van der Waals surface area contributed by atoms with Crippen LogP contribution in [0.4, 0.5) is 0 Å². The summed E-state index contributed by atoms with van der Waals surface area (Å²) in [6, 6.07) is 8.48. The van der Waals surface area contributed by atoms with E-state index in [0.717, 1.165) is 12.8 Å². The molecule has 0 bridgehead atoms. The van der Waals surface area contributed by atoms with Crippen molar-refractivity contribution in [2.75, 3.05) is 0 Å². The van der Waals surface area contributed by atoms with Gasteiger partial charge >= 0.3 is 0 Å². The summed E-state index contributed by atoms with van der Waals surface area (Å²) in [5.41, 5.74) is 4.59. The Morgan fingerprint density at radius 3 is 2.12 bits per heavy atom. The first kappa shape index (κ1) is 21.7. The van der Waals surface area contributed by atoms with E-state index >= 15 is 0 Å². The van der Waals surface area contributed by atoms with Crippen molar-refractivity contribution >= 4 is 10.9 Å². The number of imidazole rings is 1. The number of aromatic amines is 2. The van der Waals surface area contributed by atoms with Crippen molar-refractivity contribution in [3.05, 3.63) is 54.2 Å². The van der Waals surface area contributed by atoms with Crippen LogP contribution >= 0.6 is 0 Å². The van der Waals surface area contributed by atoms with Crippen LogP contribution in [0.2, 0.25) is 0 Å². The smallest absolute Gasteiger partial charge is 0.0921 e. The van der Waals surface area contributed by atoms with Crippen molar-refractivity contribution in [3.8, 4) is 0 Å². The first-order chi connectivity index (χ1) is 11.1. The second kappa shape index (κ2) is 8.85. The molecule has 4 heteroatoms. The van der Waals surface area contributed by atoms with Gasteiger partial charge in [0.05, 0.1) is 6.33 Å². The minimum atomic E-state index is 0. The Kier molecular flexibility index (Phi) is 7.68. The van der Waals surface area contributed by atoms with E-state index in [1.165, 1.54) is 22.2 Å². The third-order valence-corrected chi connectivity index (χ3v) is 3.67. The van der Waals surface area contributed by atoms with E-state index in [1.807, 2.05) is 6.20 Å². The number of benzene rings is 1. The number of aromatic nitrogens is 3. The minimum absolute atomic E-state index is 0. The van der Waals surface area contributed by atoms with E-state index < -0.39 is 0 Å². The van der Waals surface area contributed by atoms with Gasteiger partial charge in [0.15, 0.2) is 0 Å². The summed E-state index contributed by atoms with van der Waals surface area (Å²) < 4.78 is 0. The third kappa shape index (κ3) is 7.60. The molecule has 25 heavy (non-hydrogen) atoms. The Balaban J connectivity index is 0.000000469. The Hall–Kier alpha value is -1.34. The summed E-state index contributed by atoms with van der Waals surface area (Å²) in [4.78, 5) is 10.3. The molecular formula is C21H33N3W. The van der Waals surface area contributed by atoms with Crippen LogP contribution in [0.25, 0.3) is 10.9 Å². The van der Waals surface area contributed by atoms with Gasteiger partial charge in [0.25, 0.3) is 0 Å². The van der Waals surface area contributed by atoms with Crippen LogP contribution in [0.15, 0.2) is 43.0 Å². The van der Waals surface area contributed by atoms with Crippen LogP contribution < -0.4 is 0 Å². The molecule has 0 aliphatic heterocycles. The number of nitrogens with one attached hydrogen (secondary N) is 2. The number of rotatable bonds is 2. The molecule has 0 atom stereocenters. The molecule has 2 N–H and O–H groups in total. The van der Waals surface area contributed by atoms with Gasteiger partial charge in [-0.1, -0.05) is 59.7 Å². The van der Waals surface area contributed by atoms with Crippen molar-refractivity contribution in [2.45, 2.75) is 54.4 Å². The van der Waals surface area contributed by atoms with E-state index in [0.29, 0.717) is 10.8 Å². The molecule has 2 heterocycles. The van der Waals surface area contributed by atoms with E-state index in [1.54, 1.807) is 6.33 Å². The quantitative estimate of drug-likeness (QED) is 0.436. The molecule has 0 saturated heterocycles. The maximum Gasteiger partial charge on any atom is 0.0921 e. The number of hydrogen-bond donors (Lipinski definition) is 2. The molecule has 138 valence electrons. The maximum atomic E-state index is 3.95. The molecule has 0 amide bonds. The molecule has 0 aliphatic rings. The van der Waals surface area contributed by atoms with Gasteiger partial charge in [-0.3, -0.25) is 0 Å². The summed E-state index contributed by atoms with van der Waals surface area (Å²) in [5.74, 6) is 0. The summed E-state index contributed by atoms with van der Waals surface area (Å²) in [7, 11) is 0. The summed E-state index contributed by atoms with van der Waals surface area (Å²) in [6.07, 6.45) is 7.92. The summed E-state index contributed by atoms with van der Waals surface area (Å²) in [6.45, 7) is 13.5. The molecule has 0 saturated carbocycles. The first-order valence-electron chi connectivity index (χ1n) is 8.66. The fraction of sp³-hybridized carbons (Fsp3) is 0.476. The Morgan fingerprint density at radius 1 is 0.920 bits per heavy atom. The summed E-state index contributed by atoms with van der Waals surface area (Å²) in [5, 5.41) is 1.36. The zero-order chi connectivity index (χ0) is 17.8. The number of nitrogens with zero attached hydrogens (tertiary/aromatic N) is 1. The van der Waals surface area contributed by atoms with Crippen molar-refractivity contribution in [1.82, 2.24) is 15.0 Å². The van der Waals surface area contributed by atoms with Crippen molar-refractivity contribution in [2.24, 2.45) is 10.8 Å². The predicted octanol–water partition coefficient (Wildman–Crippen LogP) is 6.00. The van der Waals surface area contributed by atoms with Crippen LogP contribution in [0.1, 0.15) is 54.2 Å². The van der Waals surface area contributed by atoms with Crippen LogP contribution in [-0.2, 0) is 33.9 Å². The van der Waals surface area contributed by atoms with Crippen LogP contribution in [0.3, 0.4) is 0 Å². The van der Waals surface area contributed by atoms with Gasteiger partial charge in [-0.25, -0.2) is 4.98 Å². The van der Waals surface area contributed by atoms with Gasteiger partial charge in [0.2, 0.25) is 0 Å². The Labute approximate surface area is 167 Å². The average molecular weight is 511 g/mol. The monoisotopic (exact) mass is 511 g/mol. The van der Waals surface area contributed by atoms with Crippen LogP contribution in [0, 0.1) is 10.8 Å². The van der Waals surface area contributed by atoms with Crippen LogP contribution in [-0.4, -0.2) is 15.0 Å². The van der Waals surface area contributed by atoms with Crippen molar-refractivity contribution in [3.63, 3.8) is 0 Å². The molecular weight excluding hydrogens is 478 g/mol. The Bertz CT molecular complexity index is 749. The van der Waals surface area contributed by atoms with Crippen molar-refractivity contribution in [1.29, 1.82) is 0 Å². The van der Waals surface area contributed by atoms with Gasteiger partial charge in [-0.15, -0.1) is 0 Å². The second-order valence-electron chi connectivity index (χ2n) is 8.91. The maximum absolute atomic E-state index is 3.95. The Morgan fingerprint density at radius 2 is 1.56 bits per heavy atom. The van der Waals surface area contributed by atoms with Gasteiger partial charge in [0.1, 0.15) is 0 Å².